The molecule has 0 aromatic rings. The third-order valence-electron chi connectivity index (χ3n) is 9.86. The van der Waals surface area contributed by atoms with Crippen LogP contribution in [0.15, 0.2) is 0 Å². The van der Waals surface area contributed by atoms with E-state index in [0.29, 0.717) is 50.4 Å². The second kappa shape index (κ2) is 19.2. The van der Waals surface area contributed by atoms with E-state index in [4.69, 9.17) is 10.2 Å². The zero-order valence-corrected chi connectivity index (χ0v) is 26.9. The maximum Gasteiger partial charge on any atom is 0.310 e. The number of carboxylic acid groups (broad SMARTS) is 4. The predicted molar refractivity (Wildman–Crippen MR) is 164 cm³/mol. The molecule has 4 N–H and O–H groups in total. The molecule has 2 aliphatic carbocycles. The summed E-state index contributed by atoms with van der Waals surface area (Å²) >= 11 is 0. The number of rotatable bonds is 18. The summed E-state index contributed by atoms with van der Waals surface area (Å²) in [7, 11) is 0. The van der Waals surface area contributed by atoms with Crippen LogP contribution >= 0.6 is 0 Å². The van der Waals surface area contributed by atoms with Gasteiger partial charge in [-0.2, -0.15) is 0 Å². The lowest BCUT2D eigenvalue weighted by Gasteiger charge is -2.49. The molecule has 2 rings (SSSR count). The van der Waals surface area contributed by atoms with Crippen LogP contribution in [0.25, 0.3) is 0 Å². The van der Waals surface area contributed by atoms with Crippen molar-refractivity contribution < 1.29 is 39.6 Å². The fourth-order valence-corrected chi connectivity index (χ4v) is 7.29. The van der Waals surface area contributed by atoms with Crippen LogP contribution in [0.4, 0.5) is 0 Å². The van der Waals surface area contributed by atoms with Crippen molar-refractivity contribution in [3.05, 3.63) is 0 Å². The Balaban J connectivity index is 0.000000609. The summed E-state index contributed by atoms with van der Waals surface area (Å²) in [5, 5.41) is 38.0. The first kappa shape index (κ1) is 37.9. The van der Waals surface area contributed by atoms with Gasteiger partial charge in [0.1, 0.15) is 0 Å². The summed E-state index contributed by atoms with van der Waals surface area (Å²) < 4.78 is 0. The van der Waals surface area contributed by atoms with Crippen LogP contribution in [0.2, 0.25) is 0 Å². The van der Waals surface area contributed by atoms with Gasteiger partial charge in [0.15, 0.2) is 0 Å². The van der Waals surface area contributed by atoms with Crippen molar-refractivity contribution in [2.24, 2.45) is 34.5 Å². The Kier molecular flexibility index (Phi) is 17.3. The van der Waals surface area contributed by atoms with E-state index in [1.165, 1.54) is 25.7 Å². The van der Waals surface area contributed by atoms with Gasteiger partial charge in [-0.05, 0) is 50.4 Å². The lowest BCUT2D eigenvalue weighted by atomic mass is 9.52. The molecule has 0 radical (unpaired) electrons. The van der Waals surface area contributed by atoms with E-state index in [1.807, 2.05) is 0 Å². The van der Waals surface area contributed by atoms with E-state index in [9.17, 15) is 29.4 Å². The summed E-state index contributed by atoms with van der Waals surface area (Å²) in [6.07, 6.45) is 17.1. The fraction of sp³-hybridized carbons (Fsp3) is 0.882. The minimum absolute atomic E-state index is 0.506. The van der Waals surface area contributed by atoms with Crippen LogP contribution in [0.1, 0.15) is 156 Å². The molecule has 0 bridgehead atoms. The summed E-state index contributed by atoms with van der Waals surface area (Å²) in [5.74, 6) is -3.61. The van der Waals surface area contributed by atoms with Gasteiger partial charge in [-0.3, -0.25) is 19.2 Å². The number of aliphatic carboxylic acids is 4. The highest BCUT2D eigenvalue weighted by Gasteiger charge is 2.61. The van der Waals surface area contributed by atoms with Gasteiger partial charge >= 0.3 is 23.9 Å². The zero-order chi connectivity index (χ0) is 31.8. The quantitative estimate of drug-likeness (QED) is 0.115. The fourth-order valence-electron chi connectivity index (χ4n) is 7.29. The SMILES string of the molecule is CC(C)CCCCCCC1(C(=O)O)CCCCC1(CCCCCCC(C)C)C(=O)O.O=C(O)C1CCCCC1C(=O)O. The third kappa shape index (κ3) is 11.5. The van der Waals surface area contributed by atoms with Gasteiger partial charge in [0.05, 0.1) is 22.7 Å². The van der Waals surface area contributed by atoms with Crippen molar-refractivity contribution in [3.63, 3.8) is 0 Å². The smallest absolute Gasteiger partial charge is 0.310 e. The first-order valence-electron chi connectivity index (χ1n) is 16.7. The maximum atomic E-state index is 12.6. The van der Waals surface area contributed by atoms with Crippen LogP contribution in [-0.2, 0) is 19.2 Å². The Labute approximate surface area is 254 Å². The minimum Gasteiger partial charge on any atom is -0.481 e. The lowest BCUT2D eigenvalue weighted by molar-refractivity contribution is -0.182. The van der Waals surface area contributed by atoms with Crippen molar-refractivity contribution in [2.75, 3.05) is 0 Å². The van der Waals surface area contributed by atoms with E-state index in [2.05, 4.69) is 27.7 Å². The van der Waals surface area contributed by atoms with Crippen LogP contribution in [-0.4, -0.2) is 44.3 Å². The largest absolute Gasteiger partial charge is 0.481 e. The molecule has 8 heteroatoms. The van der Waals surface area contributed by atoms with Crippen LogP contribution in [0.5, 0.6) is 0 Å². The van der Waals surface area contributed by atoms with Crippen molar-refractivity contribution in [3.8, 4) is 0 Å². The molecule has 2 fully saturated rings. The molecular weight excluding hydrogens is 536 g/mol. The average molecular weight is 597 g/mol. The summed E-state index contributed by atoms with van der Waals surface area (Å²) in [5.41, 5.74) is -2.18. The monoisotopic (exact) mass is 596 g/mol. The van der Waals surface area contributed by atoms with E-state index in [1.54, 1.807) is 0 Å². The number of carboxylic acids is 4. The standard InChI is InChI=1S/C26H48O4.C8H12O4/c1-21(2)15-9-5-7-11-17-25(23(27)28)19-13-14-20-26(25,24(29)30)18-12-8-6-10-16-22(3)4;9-7(10)5-3-1-2-4-6(5)8(11)12/h21-22H,5-20H2,1-4H3,(H,27,28)(H,29,30);5-6H,1-4H2,(H,9,10)(H,11,12). The van der Waals surface area contributed by atoms with Crippen molar-refractivity contribution in [1.82, 2.24) is 0 Å². The lowest BCUT2D eigenvalue weighted by Crippen LogP contribution is -2.54. The van der Waals surface area contributed by atoms with Gasteiger partial charge in [-0.1, -0.05) is 118 Å². The van der Waals surface area contributed by atoms with Crippen molar-refractivity contribution >= 4 is 23.9 Å². The molecule has 0 amide bonds. The van der Waals surface area contributed by atoms with Crippen LogP contribution < -0.4 is 0 Å². The molecule has 0 aromatic carbocycles. The molecule has 0 spiro atoms. The molecule has 2 saturated carbocycles. The molecule has 244 valence electrons. The van der Waals surface area contributed by atoms with E-state index < -0.39 is 46.5 Å². The molecule has 0 aliphatic heterocycles. The van der Waals surface area contributed by atoms with Crippen molar-refractivity contribution in [2.45, 2.75) is 156 Å². The Morgan fingerprint density at radius 3 is 1.17 bits per heavy atom. The van der Waals surface area contributed by atoms with Gasteiger partial charge in [-0.25, -0.2) is 0 Å². The Hall–Kier alpha value is -2.12. The minimum atomic E-state index is -1.09. The van der Waals surface area contributed by atoms with Crippen LogP contribution in [0, 0.1) is 34.5 Å². The molecule has 42 heavy (non-hydrogen) atoms. The van der Waals surface area contributed by atoms with E-state index in [0.717, 1.165) is 64.2 Å². The highest BCUT2D eigenvalue weighted by atomic mass is 16.4. The van der Waals surface area contributed by atoms with E-state index >= 15 is 0 Å². The Morgan fingerprint density at radius 2 is 0.881 bits per heavy atom. The van der Waals surface area contributed by atoms with Gasteiger partial charge in [-0.15, -0.1) is 0 Å². The number of carbonyl (C=O) groups is 4. The zero-order valence-electron chi connectivity index (χ0n) is 26.9. The van der Waals surface area contributed by atoms with Crippen LogP contribution in [0.3, 0.4) is 0 Å². The average Bonchev–Trinajstić information content (AvgIpc) is 2.92. The van der Waals surface area contributed by atoms with Gasteiger partial charge in [0, 0.05) is 0 Å². The molecule has 4 unspecified atom stereocenters. The summed E-state index contributed by atoms with van der Waals surface area (Å²) in [4.78, 5) is 46.3. The summed E-state index contributed by atoms with van der Waals surface area (Å²) in [6.45, 7) is 8.91. The Morgan fingerprint density at radius 1 is 0.548 bits per heavy atom. The first-order chi connectivity index (χ1) is 19.8. The molecular formula is C34H60O8. The molecule has 2 aliphatic rings. The molecule has 4 atom stereocenters. The second-order valence-electron chi connectivity index (χ2n) is 13.8. The Bertz CT molecular complexity index is 769. The van der Waals surface area contributed by atoms with Gasteiger partial charge in [0.25, 0.3) is 0 Å². The number of hydrogen-bond donors (Lipinski definition) is 4. The highest BCUT2D eigenvalue weighted by Crippen LogP contribution is 2.57. The van der Waals surface area contributed by atoms with Crippen molar-refractivity contribution in [1.29, 1.82) is 0 Å². The molecule has 0 saturated heterocycles. The second-order valence-corrected chi connectivity index (χ2v) is 13.8. The normalized spacial score (nSPS) is 26.0. The first-order valence-corrected chi connectivity index (χ1v) is 16.7. The summed E-state index contributed by atoms with van der Waals surface area (Å²) in [6, 6.07) is 0. The van der Waals surface area contributed by atoms with Gasteiger partial charge in [0.2, 0.25) is 0 Å². The number of hydrogen-bond acceptors (Lipinski definition) is 4. The predicted octanol–water partition coefficient (Wildman–Crippen LogP) is 8.66. The number of unbranched alkanes of at least 4 members (excludes halogenated alkanes) is 6. The van der Waals surface area contributed by atoms with E-state index in [-0.39, 0.29) is 0 Å². The topological polar surface area (TPSA) is 149 Å². The maximum absolute atomic E-state index is 12.6. The molecule has 8 nitrogen and oxygen atoms in total. The molecule has 0 heterocycles. The highest BCUT2D eigenvalue weighted by molar-refractivity contribution is 5.87. The van der Waals surface area contributed by atoms with Gasteiger partial charge < -0.3 is 20.4 Å². The molecule has 0 aromatic heterocycles. The third-order valence-corrected chi connectivity index (χ3v) is 9.86.